The Labute approximate surface area is 133 Å². The molecule has 1 atom stereocenters. The van der Waals surface area contributed by atoms with Crippen LogP contribution in [-0.2, 0) is 10.0 Å². The van der Waals surface area contributed by atoms with Crippen LogP contribution in [0.5, 0.6) is 11.5 Å². The Morgan fingerprint density at radius 2 is 2.00 bits per heavy atom. The van der Waals surface area contributed by atoms with Crippen molar-refractivity contribution in [2.45, 2.75) is 23.8 Å². The summed E-state index contributed by atoms with van der Waals surface area (Å²) < 4.78 is 38.2. The average Bonchev–Trinajstić information content (AvgIpc) is 2.98. The molecule has 1 aliphatic rings. The fourth-order valence-electron chi connectivity index (χ4n) is 2.26. The van der Waals surface area contributed by atoms with E-state index in [1.165, 1.54) is 20.3 Å². The fraction of sp³-hybridized carbons (Fsp3) is 0.538. The second-order valence-corrected chi connectivity index (χ2v) is 7.37. The highest BCUT2D eigenvalue weighted by molar-refractivity contribution is 9.10. The molecule has 1 aromatic carbocycles. The lowest BCUT2D eigenvalue weighted by Crippen LogP contribution is -2.37. The van der Waals surface area contributed by atoms with E-state index in [4.69, 9.17) is 9.47 Å². The van der Waals surface area contributed by atoms with Gasteiger partial charge in [0, 0.05) is 23.1 Å². The third-order valence-corrected chi connectivity index (χ3v) is 5.79. The maximum Gasteiger partial charge on any atom is 0.241 e. The van der Waals surface area contributed by atoms with Crippen molar-refractivity contribution in [2.75, 3.05) is 27.3 Å². The Morgan fingerprint density at radius 1 is 1.33 bits per heavy atom. The molecule has 1 heterocycles. The van der Waals surface area contributed by atoms with Crippen molar-refractivity contribution < 1.29 is 17.9 Å². The van der Waals surface area contributed by atoms with Gasteiger partial charge in [0.2, 0.25) is 10.0 Å². The van der Waals surface area contributed by atoms with Crippen LogP contribution in [0.15, 0.2) is 21.5 Å². The molecule has 2 rings (SSSR count). The largest absolute Gasteiger partial charge is 0.493 e. The monoisotopic (exact) mass is 378 g/mol. The number of nitrogens with one attached hydrogen (secondary N) is 2. The molecule has 2 N–H and O–H groups in total. The van der Waals surface area contributed by atoms with Crippen molar-refractivity contribution in [2.24, 2.45) is 0 Å². The predicted molar refractivity (Wildman–Crippen MR) is 83.5 cm³/mol. The summed E-state index contributed by atoms with van der Waals surface area (Å²) in [5.41, 5.74) is 0. The standard InChI is InChI=1S/C13H19BrN2O4S/c1-19-11-6-10(14)13(7-12(11)20-2)21(17,18)16-8-9-4-3-5-15-9/h6-7,9,15-16H,3-5,8H2,1-2H3/t9-/m0/s1. The first-order valence-corrected chi connectivity index (χ1v) is 8.90. The van der Waals surface area contributed by atoms with Gasteiger partial charge in [0.1, 0.15) is 4.90 Å². The summed E-state index contributed by atoms with van der Waals surface area (Å²) in [7, 11) is -0.636. The zero-order chi connectivity index (χ0) is 15.5. The zero-order valence-electron chi connectivity index (χ0n) is 12.0. The lowest BCUT2D eigenvalue weighted by molar-refractivity contribution is 0.353. The molecule has 0 aliphatic carbocycles. The molecule has 0 bridgehead atoms. The van der Waals surface area contributed by atoms with E-state index in [0.29, 0.717) is 22.5 Å². The molecule has 1 aliphatic heterocycles. The summed E-state index contributed by atoms with van der Waals surface area (Å²) in [6, 6.07) is 3.23. The number of sulfonamides is 1. The summed E-state index contributed by atoms with van der Waals surface area (Å²) in [4.78, 5) is 0.137. The molecule has 118 valence electrons. The first-order valence-electron chi connectivity index (χ1n) is 6.62. The van der Waals surface area contributed by atoms with Crippen molar-refractivity contribution in [1.29, 1.82) is 0 Å². The van der Waals surface area contributed by atoms with Crippen LogP contribution in [-0.4, -0.2) is 41.8 Å². The van der Waals surface area contributed by atoms with Crippen LogP contribution in [0.3, 0.4) is 0 Å². The summed E-state index contributed by atoms with van der Waals surface area (Å²) in [5, 5.41) is 3.25. The number of methoxy groups -OCH3 is 2. The van der Waals surface area contributed by atoms with Gasteiger partial charge in [-0.15, -0.1) is 0 Å². The Bertz CT molecular complexity index is 600. The molecule has 0 unspecified atom stereocenters. The molecular formula is C13H19BrN2O4S. The van der Waals surface area contributed by atoms with Crippen molar-refractivity contribution in [3.63, 3.8) is 0 Å². The third-order valence-electron chi connectivity index (χ3n) is 3.41. The molecule has 0 amide bonds. The topological polar surface area (TPSA) is 76.7 Å². The number of hydrogen-bond acceptors (Lipinski definition) is 5. The van der Waals surface area contributed by atoms with Crippen LogP contribution in [0.25, 0.3) is 0 Å². The van der Waals surface area contributed by atoms with Crippen molar-refractivity contribution in [3.8, 4) is 11.5 Å². The molecule has 0 aromatic heterocycles. The van der Waals surface area contributed by atoms with Gasteiger partial charge in [-0.2, -0.15) is 0 Å². The lowest BCUT2D eigenvalue weighted by Gasteiger charge is -2.15. The lowest BCUT2D eigenvalue weighted by atomic mass is 10.2. The summed E-state index contributed by atoms with van der Waals surface area (Å²) >= 11 is 3.27. The highest BCUT2D eigenvalue weighted by Gasteiger charge is 2.23. The Hall–Kier alpha value is -0.830. The summed E-state index contributed by atoms with van der Waals surface area (Å²) in [6.45, 7) is 1.32. The normalized spacial score (nSPS) is 18.7. The summed E-state index contributed by atoms with van der Waals surface area (Å²) in [5.74, 6) is 0.848. The highest BCUT2D eigenvalue weighted by Crippen LogP contribution is 2.35. The Balaban J connectivity index is 2.22. The van der Waals surface area contributed by atoms with Crippen molar-refractivity contribution in [1.82, 2.24) is 10.0 Å². The van der Waals surface area contributed by atoms with Crippen LogP contribution in [0.2, 0.25) is 0 Å². The second kappa shape index (κ2) is 6.95. The van der Waals surface area contributed by atoms with Gasteiger partial charge in [-0.05, 0) is 41.4 Å². The van der Waals surface area contributed by atoms with E-state index in [2.05, 4.69) is 26.0 Å². The minimum absolute atomic E-state index is 0.137. The van der Waals surface area contributed by atoms with E-state index >= 15 is 0 Å². The van der Waals surface area contributed by atoms with E-state index in [0.717, 1.165) is 19.4 Å². The Morgan fingerprint density at radius 3 is 2.57 bits per heavy atom. The summed E-state index contributed by atoms with van der Waals surface area (Å²) in [6.07, 6.45) is 2.06. The third kappa shape index (κ3) is 3.88. The molecular weight excluding hydrogens is 360 g/mol. The first-order chi connectivity index (χ1) is 9.97. The van der Waals surface area contributed by atoms with Gasteiger partial charge in [-0.1, -0.05) is 0 Å². The quantitative estimate of drug-likeness (QED) is 0.784. The fourth-order valence-corrected chi connectivity index (χ4v) is 4.38. The molecule has 1 aromatic rings. The smallest absolute Gasteiger partial charge is 0.241 e. The van der Waals surface area contributed by atoms with Gasteiger partial charge in [0.05, 0.1) is 14.2 Å². The van der Waals surface area contributed by atoms with Crippen LogP contribution in [0.4, 0.5) is 0 Å². The van der Waals surface area contributed by atoms with Crippen LogP contribution in [0.1, 0.15) is 12.8 Å². The van der Waals surface area contributed by atoms with Gasteiger partial charge >= 0.3 is 0 Å². The number of ether oxygens (including phenoxy) is 2. The number of hydrogen-bond donors (Lipinski definition) is 2. The minimum atomic E-state index is -3.61. The van der Waals surface area contributed by atoms with Gasteiger partial charge in [-0.3, -0.25) is 0 Å². The zero-order valence-corrected chi connectivity index (χ0v) is 14.4. The molecule has 0 radical (unpaired) electrons. The first kappa shape index (κ1) is 16.5. The van der Waals surface area contributed by atoms with Gasteiger partial charge in [-0.25, -0.2) is 13.1 Å². The van der Waals surface area contributed by atoms with E-state index in [1.54, 1.807) is 6.07 Å². The van der Waals surface area contributed by atoms with E-state index in [-0.39, 0.29) is 10.9 Å². The second-order valence-electron chi connectivity index (χ2n) is 4.78. The molecule has 0 saturated carbocycles. The molecule has 1 saturated heterocycles. The minimum Gasteiger partial charge on any atom is -0.493 e. The SMILES string of the molecule is COc1cc(Br)c(S(=O)(=O)NC[C@@H]2CCCN2)cc1OC. The number of rotatable bonds is 6. The predicted octanol–water partition coefficient (Wildman–Crippen LogP) is 1.50. The van der Waals surface area contributed by atoms with E-state index < -0.39 is 10.0 Å². The average molecular weight is 379 g/mol. The molecule has 8 heteroatoms. The molecule has 21 heavy (non-hydrogen) atoms. The van der Waals surface area contributed by atoms with E-state index in [9.17, 15) is 8.42 Å². The molecule has 0 spiro atoms. The number of benzene rings is 1. The van der Waals surface area contributed by atoms with E-state index in [1.807, 2.05) is 0 Å². The van der Waals surface area contributed by atoms with Gasteiger partial charge in [0.25, 0.3) is 0 Å². The van der Waals surface area contributed by atoms with Crippen molar-refractivity contribution in [3.05, 3.63) is 16.6 Å². The van der Waals surface area contributed by atoms with Crippen molar-refractivity contribution >= 4 is 26.0 Å². The van der Waals surface area contributed by atoms with Gasteiger partial charge < -0.3 is 14.8 Å². The van der Waals surface area contributed by atoms with Crippen LogP contribution < -0.4 is 19.5 Å². The maximum absolute atomic E-state index is 12.4. The van der Waals surface area contributed by atoms with Crippen LogP contribution in [0, 0.1) is 0 Å². The molecule has 6 nitrogen and oxygen atoms in total. The number of halogens is 1. The molecule has 1 fully saturated rings. The Kier molecular flexibility index (Phi) is 5.48. The van der Waals surface area contributed by atoms with Gasteiger partial charge in [0.15, 0.2) is 11.5 Å². The van der Waals surface area contributed by atoms with Crippen LogP contribution >= 0.6 is 15.9 Å². The highest BCUT2D eigenvalue weighted by atomic mass is 79.9. The maximum atomic E-state index is 12.4.